The molecule has 0 spiro atoms. The number of aromatic nitrogens is 2. The van der Waals surface area contributed by atoms with E-state index in [-0.39, 0.29) is 0 Å². The standard InChI is InChI=1S/C11H16BrN3S2/c1-8(7-16-3)14(2)10-9(6-12)15-4-5-17-11(15)13-10/h4-5,8H,6-7H2,1-3H3. The lowest BCUT2D eigenvalue weighted by Crippen LogP contribution is -2.31. The fourth-order valence-corrected chi connectivity index (χ4v) is 3.74. The maximum absolute atomic E-state index is 4.71. The monoisotopic (exact) mass is 333 g/mol. The fourth-order valence-electron chi connectivity index (χ4n) is 1.79. The van der Waals surface area contributed by atoms with Crippen molar-refractivity contribution in [2.45, 2.75) is 18.3 Å². The summed E-state index contributed by atoms with van der Waals surface area (Å²) >= 11 is 7.11. The number of hydrogen-bond acceptors (Lipinski definition) is 4. The van der Waals surface area contributed by atoms with E-state index in [9.17, 15) is 0 Å². The highest BCUT2D eigenvalue weighted by Crippen LogP contribution is 2.27. The molecule has 0 aliphatic carbocycles. The first-order chi connectivity index (χ1) is 8.19. The number of anilines is 1. The second-order valence-corrected chi connectivity index (χ2v) is 6.33. The molecule has 0 N–H and O–H groups in total. The molecule has 0 aromatic carbocycles. The Morgan fingerprint density at radius 3 is 3.06 bits per heavy atom. The second-order valence-electron chi connectivity index (χ2n) is 3.99. The number of nitrogens with zero attached hydrogens (tertiary/aromatic N) is 3. The van der Waals surface area contributed by atoms with Crippen molar-refractivity contribution >= 4 is 49.8 Å². The van der Waals surface area contributed by atoms with Crippen molar-refractivity contribution in [3.63, 3.8) is 0 Å². The van der Waals surface area contributed by atoms with E-state index in [2.05, 4.69) is 57.0 Å². The fraction of sp³-hybridized carbons (Fsp3) is 0.545. The zero-order chi connectivity index (χ0) is 12.4. The first-order valence-corrected chi connectivity index (χ1v) is 8.80. The van der Waals surface area contributed by atoms with Gasteiger partial charge in [0.1, 0.15) is 0 Å². The molecule has 17 heavy (non-hydrogen) atoms. The lowest BCUT2D eigenvalue weighted by Gasteiger charge is -2.25. The molecule has 0 fully saturated rings. The van der Waals surface area contributed by atoms with E-state index < -0.39 is 0 Å². The Morgan fingerprint density at radius 2 is 2.41 bits per heavy atom. The van der Waals surface area contributed by atoms with E-state index in [0.717, 1.165) is 21.9 Å². The van der Waals surface area contributed by atoms with Gasteiger partial charge in [-0.15, -0.1) is 11.3 Å². The number of fused-ring (bicyclic) bond motifs is 1. The van der Waals surface area contributed by atoms with Crippen LogP contribution in [0.5, 0.6) is 0 Å². The summed E-state index contributed by atoms with van der Waals surface area (Å²) in [6, 6.07) is 0.493. The quantitative estimate of drug-likeness (QED) is 0.781. The van der Waals surface area contributed by atoms with Crippen LogP contribution in [0.15, 0.2) is 11.6 Å². The molecule has 3 nitrogen and oxygen atoms in total. The average molecular weight is 334 g/mol. The summed E-state index contributed by atoms with van der Waals surface area (Å²) in [4.78, 5) is 8.05. The zero-order valence-electron chi connectivity index (χ0n) is 10.2. The third-order valence-corrected chi connectivity index (χ3v) is 4.97. The maximum Gasteiger partial charge on any atom is 0.195 e. The van der Waals surface area contributed by atoms with E-state index >= 15 is 0 Å². The van der Waals surface area contributed by atoms with Gasteiger partial charge in [-0.05, 0) is 13.2 Å². The minimum atomic E-state index is 0.493. The molecule has 0 saturated carbocycles. The first-order valence-electron chi connectivity index (χ1n) is 5.41. The number of thiazole rings is 1. The van der Waals surface area contributed by atoms with E-state index in [1.165, 1.54) is 5.69 Å². The third kappa shape index (κ3) is 2.48. The van der Waals surface area contributed by atoms with E-state index in [1.54, 1.807) is 11.3 Å². The number of rotatable bonds is 5. The summed E-state index contributed by atoms with van der Waals surface area (Å²) in [5.41, 5.74) is 1.23. The van der Waals surface area contributed by atoms with Gasteiger partial charge < -0.3 is 4.90 Å². The van der Waals surface area contributed by atoms with E-state index in [4.69, 9.17) is 4.98 Å². The Morgan fingerprint density at radius 1 is 1.65 bits per heavy atom. The van der Waals surface area contributed by atoms with Gasteiger partial charge in [-0.25, -0.2) is 4.98 Å². The van der Waals surface area contributed by atoms with Crippen molar-refractivity contribution in [1.29, 1.82) is 0 Å². The third-order valence-electron chi connectivity index (χ3n) is 2.87. The van der Waals surface area contributed by atoms with Gasteiger partial charge in [0.25, 0.3) is 0 Å². The van der Waals surface area contributed by atoms with Gasteiger partial charge in [0.05, 0.1) is 5.69 Å². The second kappa shape index (κ2) is 5.63. The van der Waals surface area contributed by atoms with Crippen LogP contribution < -0.4 is 4.90 Å². The maximum atomic E-state index is 4.71. The molecule has 94 valence electrons. The Balaban J connectivity index is 2.36. The number of halogens is 1. The van der Waals surface area contributed by atoms with Crippen LogP contribution in [-0.2, 0) is 5.33 Å². The van der Waals surface area contributed by atoms with Gasteiger partial charge in [-0.2, -0.15) is 11.8 Å². The van der Waals surface area contributed by atoms with E-state index in [0.29, 0.717) is 6.04 Å². The molecule has 0 radical (unpaired) electrons. The van der Waals surface area contributed by atoms with Gasteiger partial charge in [0, 0.05) is 35.7 Å². The van der Waals surface area contributed by atoms with Crippen LogP contribution in [0.3, 0.4) is 0 Å². The smallest absolute Gasteiger partial charge is 0.195 e. The number of hydrogen-bond donors (Lipinski definition) is 0. The largest absolute Gasteiger partial charge is 0.355 e. The molecule has 2 heterocycles. The molecular formula is C11H16BrN3S2. The molecule has 2 aromatic rings. The van der Waals surface area contributed by atoms with Crippen LogP contribution in [0.4, 0.5) is 5.82 Å². The van der Waals surface area contributed by atoms with Crippen LogP contribution in [0.2, 0.25) is 0 Å². The highest BCUT2D eigenvalue weighted by molar-refractivity contribution is 9.08. The van der Waals surface area contributed by atoms with Gasteiger partial charge >= 0.3 is 0 Å². The Labute approximate surface area is 118 Å². The highest BCUT2D eigenvalue weighted by Gasteiger charge is 2.18. The highest BCUT2D eigenvalue weighted by atomic mass is 79.9. The summed E-state index contributed by atoms with van der Waals surface area (Å²) in [5, 5.41) is 2.90. The minimum absolute atomic E-state index is 0.493. The van der Waals surface area contributed by atoms with Crippen molar-refractivity contribution in [3.8, 4) is 0 Å². The van der Waals surface area contributed by atoms with Crippen LogP contribution in [-0.4, -0.2) is 34.5 Å². The van der Waals surface area contributed by atoms with E-state index in [1.807, 2.05) is 11.8 Å². The van der Waals surface area contributed by atoms with Crippen LogP contribution in [0, 0.1) is 0 Å². The summed E-state index contributed by atoms with van der Waals surface area (Å²) in [6.07, 6.45) is 4.22. The molecular weight excluding hydrogens is 318 g/mol. The summed E-state index contributed by atoms with van der Waals surface area (Å²) in [6.45, 7) is 2.24. The molecule has 0 saturated heterocycles. The van der Waals surface area contributed by atoms with Gasteiger partial charge in [-0.3, -0.25) is 4.40 Å². The summed E-state index contributed by atoms with van der Waals surface area (Å²) < 4.78 is 2.16. The van der Waals surface area contributed by atoms with Crippen molar-refractivity contribution in [2.75, 3.05) is 24.0 Å². The molecule has 0 amide bonds. The van der Waals surface area contributed by atoms with Gasteiger partial charge in [0.15, 0.2) is 10.8 Å². The molecule has 1 atom stereocenters. The lowest BCUT2D eigenvalue weighted by atomic mass is 10.3. The number of thioether (sulfide) groups is 1. The lowest BCUT2D eigenvalue weighted by molar-refractivity contribution is 0.753. The molecule has 6 heteroatoms. The minimum Gasteiger partial charge on any atom is -0.355 e. The predicted molar refractivity (Wildman–Crippen MR) is 81.9 cm³/mol. The topological polar surface area (TPSA) is 20.5 Å². The number of imidazole rings is 1. The summed E-state index contributed by atoms with van der Waals surface area (Å²) in [5.74, 6) is 2.21. The Bertz CT molecular complexity index is 494. The Kier molecular flexibility index (Phi) is 4.38. The normalized spacial score (nSPS) is 13.2. The van der Waals surface area contributed by atoms with Crippen LogP contribution in [0.1, 0.15) is 12.6 Å². The van der Waals surface area contributed by atoms with Gasteiger partial charge in [-0.1, -0.05) is 15.9 Å². The van der Waals surface area contributed by atoms with Gasteiger partial charge in [0.2, 0.25) is 0 Å². The predicted octanol–water partition coefficient (Wildman–Crippen LogP) is 3.48. The van der Waals surface area contributed by atoms with Crippen LogP contribution in [0.25, 0.3) is 4.96 Å². The average Bonchev–Trinajstić information content (AvgIpc) is 2.87. The first kappa shape index (κ1) is 13.2. The van der Waals surface area contributed by atoms with Crippen molar-refractivity contribution < 1.29 is 0 Å². The zero-order valence-corrected chi connectivity index (χ0v) is 13.4. The molecule has 0 aliphatic heterocycles. The van der Waals surface area contributed by atoms with Crippen LogP contribution >= 0.6 is 39.0 Å². The van der Waals surface area contributed by atoms with Crippen molar-refractivity contribution in [3.05, 3.63) is 17.3 Å². The number of alkyl halides is 1. The molecule has 0 bridgehead atoms. The molecule has 2 rings (SSSR count). The SMILES string of the molecule is CSCC(C)N(C)c1nc2sccn2c1CBr. The van der Waals surface area contributed by atoms with Crippen molar-refractivity contribution in [1.82, 2.24) is 9.38 Å². The molecule has 1 unspecified atom stereocenters. The summed E-state index contributed by atoms with van der Waals surface area (Å²) in [7, 11) is 2.12. The molecule has 0 aliphatic rings. The Hall–Kier alpha value is -0.200. The molecule has 2 aromatic heterocycles. The van der Waals surface area contributed by atoms with Crippen molar-refractivity contribution in [2.24, 2.45) is 0 Å².